The first-order valence-corrected chi connectivity index (χ1v) is 9.31. The normalized spacial score (nSPS) is 10.3. The van der Waals surface area contributed by atoms with Gasteiger partial charge in [-0.3, -0.25) is 9.78 Å². The van der Waals surface area contributed by atoms with Gasteiger partial charge in [-0.25, -0.2) is 0 Å². The molecule has 2 aromatic carbocycles. The topological polar surface area (TPSA) is 69.7 Å². The maximum Gasteiger partial charge on any atom is 0.262 e. The molecule has 0 aliphatic heterocycles. The molecule has 1 heterocycles. The summed E-state index contributed by atoms with van der Waals surface area (Å²) in [5, 5.41) is 3.44. The van der Waals surface area contributed by atoms with Crippen LogP contribution in [0.2, 0.25) is 5.02 Å². The molecule has 0 aliphatic carbocycles. The van der Waals surface area contributed by atoms with Crippen molar-refractivity contribution in [3.05, 3.63) is 77.1 Å². The molecule has 0 saturated heterocycles. The number of aryl methyl sites for hydroxylation is 1. The van der Waals surface area contributed by atoms with Crippen molar-refractivity contribution in [1.29, 1.82) is 0 Å². The number of hydrogen-bond donors (Lipinski definition) is 1. The summed E-state index contributed by atoms with van der Waals surface area (Å²) in [6, 6.07) is 14.2. The summed E-state index contributed by atoms with van der Waals surface area (Å²) in [4.78, 5) is 16.3. The Kier molecular flexibility index (Phi) is 6.92. The maximum atomic E-state index is 12.2. The molecule has 1 aromatic heterocycles. The third kappa shape index (κ3) is 5.86. The molecular formula is C22H21ClN2O4. The summed E-state index contributed by atoms with van der Waals surface area (Å²) < 4.78 is 16.7. The van der Waals surface area contributed by atoms with E-state index >= 15 is 0 Å². The zero-order valence-electron chi connectivity index (χ0n) is 16.1. The van der Waals surface area contributed by atoms with Gasteiger partial charge < -0.3 is 19.5 Å². The highest BCUT2D eigenvalue weighted by Crippen LogP contribution is 2.31. The average molecular weight is 413 g/mol. The Hall–Kier alpha value is -3.25. The van der Waals surface area contributed by atoms with Gasteiger partial charge in [0.05, 0.1) is 7.11 Å². The number of ether oxygens (including phenoxy) is 3. The zero-order chi connectivity index (χ0) is 20.6. The number of halogens is 1. The minimum Gasteiger partial charge on any atom is -0.493 e. The number of methoxy groups -OCH3 is 1. The van der Waals surface area contributed by atoms with Gasteiger partial charge in [-0.05, 0) is 48.9 Å². The number of nitrogens with zero attached hydrogens (tertiary/aromatic N) is 1. The SMILES string of the molecule is COc1ccc(NC(=O)COc2ccc(Cl)c(C)c2)cc1OCc1cccnc1. The number of nitrogens with one attached hydrogen (secondary N) is 1. The fraction of sp³-hybridized carbons (Fsp3) is 0.182. The second-order valence-corrected chi connectivity index (χ2v) is 6.67. The number of carbonyl (C=O) groups excluding carboxylic acids is 1. The third-order valence-corrected chi connectivity index (χ3v) is 4.49. The van der Waals surface area contributed by atoms with Gasteiger partial charge in [-0.1, -0.05) is 17.7 Å². The first kappa shape index (κ1) is 20.5. The van der Waals surface area contributed by atoms with Crippen LogP contribution in [0.15, 0.2) is 60.9 Å². The Balaban J connectivity index is 1.60. The molecular weight excluding hydrogens is 392 g/mol. The van der Waals surface area contributed by atoms with Crippen molar-refractivity contribution >= 4 is 23.2 Å². The van der Waals surface area contributed by atoms with Crippen molar-refractivity contribution in [3.63, 3.8) is 0 Å². The smallest absolute Gasteiger partial charge is 0.262 e. The zero-order valence-corrected chi connectivity index (χ0v) is 16.9. The van der Waals surface area contributed by atoms with Gasteiger partial charge >= 0.3 is 0 Å². The molecule has 3 aromatic rings. The molecule has 0 saturated carbocycles. The lowest BCUT2D eigenvalue weighted by Gasteiger charge is -2.13. The molecule has 29 heavy (non-hydrogen) atoms. The number of hydrogen-bond acceptors (Lipinski definition) is 5. The fourth-order valence-corrected chi connectivity index (χ4v) is 2.68. The number of anilines is 1. The van der Waals surface area contributed by atoms with Gasteiger partial charge in [0.1, 0.15) is 12.4 Å². The minimum absolute atomic E-state index is 0.126. The van der Waals surface area contributed by atoms with E-state index < -0.39 is 0 Å². The first-order chi connectivity index (χ1) is 14.0. The number of rotatable bonds is 8. The molecule has 1 N–H and O–H groups in total. The summed E-state index contributed by atoms with van der Waals surface area (Å²) in [6.07, 6.45) is 3.43. The molecule has 6 nitrogen and oxygen atoms in total. The van der Waals surface area contributed by atoms with Crippen LogP contribution in [0.3, 0.4) is 0 Å². The van der Waals surface area contributed by atoms with E-state index in [0.29, 0.717) is 34.6 Å². The summed E-state index contributed by atoms with van der Waals surface area (Å²) in [7, 11) is 1.56. The van der Waals surface area contributed by atoms with Crippen molar-refractivity contribution in [3.8, 4) is 17.2 Å². The van der Waals surface area contributed by atoms with Gasteiger partial charge in [0, 0.05) is 34.7 Å². The predicted molar refractivity (Wildman–Crippen MR) is 112 cm³/mol. The van der Waals surface area contributed by atoms with Crippen LogP contribution in [0.5, 0.6) is 17.2 Å². The molecule has 7 heteroatoms. The maximum absolute atomic E-state index is 12.2. The van der Waals surface area contributed by atoms with Gasteiger partial charge in [0.15, 0.2) is 18.1 Å². The number of amides is 1. The molecule has 150 valence electrons. The van der Waals surface area contributed by atoms with E-state index in [-0.39, 0.29) is 12.5 Å². The second kappa shape index (κ2) is 9.80. The Morgan fingerprint density at radius 3 is 2.69 bits per heavy atom. The highest BCUT2D eigenvalue weighted by atomic mass is 35.5. The molecule has 0 aliphatic rings. The molecule has 0 unspecified atom stereocenters. The van der Waals surface area contributed by atoms with Crippen LogP contribution in [0.4, 0.5) is 5.69 Å². The van der Waals surface area contributed by atoms with E-state index in [1.807, 2.05) is 19.1 Å². The largest absolute Gasteiger partial charge is 0.493 e. The highest BCUT2D eigenvalue weighted by Gasteiger charge is 2.10. The molecule has 3 rings (SSSR count). The van der Waals surface area contributed by atoms with E-state index in [1.54, 1.807) is 55.9 Å². The van der Waals surface area contributed by atoms with Crippen molar-refractivity contribution in [2.24, 2.45) is 0 Å². The van der Waals surface area contributed by atoms with E-state index in [9.17, 15) is 4.79 Å². The quantitative estimate of drug-likeness (QED) is 0.583. The lowest BCUT2D eigenvalue weighted by molar-refractivity contribution is -0.118. The molecule has 0 bridgehead atoms. The van der Waals surface area contributed by atoms with E-state index in [2.05, 4.69) is 10.3 Å². The lowest BCUT2D eigenvalue weighted by Crippen LogP contribution is -2.20. The van der Waals surface area contributed by atoms with Crippen molar-refractivity contribution in [1.82, 2.24) is 4.98 Å². The van der Waals surface area contributed by atoms with Gasteiger partial charge in [-0.2, -0.15) is 0 Å². The number of carbonyl (C=O) groups is 1. The van der Waals surface area contributed by atoms with Gasteiger partial charge in [0.2, 0.25) is 0 Å². The Labute approximate surface area is 174 Å². The standard InChI is InChI=1S/C22H21ClN2O4/c1-15-10-18(6-7-19(15)23)28-14-22(26)25-17-5-8-20(27-2)21(11-17)29-13-16-4-3-9-24-12-16/h3-12H,13-14H2,1-2H3,(H,25,26). The number of aromatic nitrogens is 1. The summed E-state index contributed by atoms with van der Waals surface area (Å²) in [5.41, 5.74) is 2.39. The van der Waals surface area contributed by atoms with Crippen LogP contribution in [-0.2, 0) is 11.4 Å². The number of pyridine rings is 1. The highest BCUT2D eigenvalue weighted by molar-refractivity contribution is 6.31. The van der Waals surface area contributed by atoms with Crippen LogP contribution in [0.25, 0.3) is 0 Å². The molecule has 0 fully saturated rings. The van der Waals surface area contributed by atoms with E-state index in [1.165, 1.54) is 0 Å². The summed E-state index contributed by atoms with van der Waals surface area (Å²) in [5.74, 6) is 1.38. The molecule has 0 spiro atoms. The van der Waals surface area contributed by atoms with E-state index in [0.717, 1.165) is 11.1 Å². The van der Waals surface area contributed by atoms with Crippen molar-refractivity contribution in [2.75, 3.05) is 19.0 Å². The summed E-state index contributed by atoms with van der Waals surface area (Å²) in [6.45, 7) is 2.08. The Bertz CT molecular complexity index is 980. The van der Waals surface area contributed by atoms with Crippen LogP contribution >= 0.6 is 11.6 Å². The molecule has 0 radical (unpaired) electrons. The van der Waals surface area contributed by atoms with Gasteiger partial charge in [-0.15, -0.1) is 0 Å². The van der Waals surface area contributed by atoms with Crippen LogP contribution < -0.4 is 19.5 Å². The van der Waals surface area contributed by atoms with Crippen LogP contribution in [-0.4, -0.2) is 24.6 Å². The molecule has 1 amide bonds. The average Bonchev–Trinajstić information content (AvgIpc) is 2.74. The second-order valence-electron chi connectivity index (χ2n) is 6.26. The Morgan fingerprint density at radius 1 is 1.10 bits per heavy atom. The monoisotopic (exact) mass is 412 g/mol. The van der Waals surface area contributed by atoms with Crippen molar-refractivity contribution in [2.45, 2.75) is 13.5 Å². The first-order valence-electron chi connectivity index (χ1n) is 8.93. The predicted octanol–water partition coefficient (Wildman–Crippen LogP) is 4.65. The van der Waals surface area contributed by atoms with Crippen molar-refractivity contribution < 1.29 is 19.0 Å². The van der Waals surface area contributed by atoms with Crippen LogP contribution in [0, 0.1) is 6.92 Å². The van der Waals surface area contributed by atoms with Gasteiger partial charge in [0.25, 0.3) is 5.91 Å². The fourth-order valence-electron chi connectivity index (χ4n) is 2.56. The van der Waals surface area contributed by atoms with E-state index in [4.69, 9.17) is 25.8 Å². The Morgan fingerprint density at radius 2 is 1.97 bits per heavy atom. The third-order valence-electron chi connectivity index (χ3n) is 4.06. The van der Waals surface area contributed by atoms with Crippen LogP contribution in [0.1, 0.15) is 11.1 Å². The molecule has 0 atom stereocenters. The number of benzene rings is 2. The minimum atomic E-state index is -0.291. The summed E-state index contributed by atoms with van der Waals surface area (Å²) >= 11 is 5.99. The lowest BCUT2D eigenvalue weighted by atomic mass is 10.2.